The number of anilines is 1. The highest BCUT2D eigenvalue weighted by molar-refractivity contribution is 7.80. The third-order valence-electron chi connectivity index (χ3n) is 2.32. The third kappa shape index (κ3) is 7.62. The van der Waals surface area contributed by atoms with Crippen molar-refractivity contribution in [1.82, 2.24) is 9.88 Å². The first kappa shape index (κ1) is 19.3. The summed E-state index contributed by atoms with van der Waals surface area (Å²) in [6.07, 6.45) is 1.62. The summed E-state index contributed by atoms with van der Waals surface area (Å²) in [6.45, 7) is 8.29. The fraction of sp³-hybridized carbons (Fsp3) is 0.462. The minimum Gasteiger partial charge on any atom is -0.487 e. The molecule has 0 amide bonds. The van der Waals surface area contributed by atoms with E-state index in [-0.39, 0.29) is 12.1 Å². The van der Waals surface area contributed by atoms with E-state index >= 15 is 0 Å². The van der Waals surface area contributed by atoms with Crippen LogP contribution in [-0.2, 0) is 0 Å². The Balaban J connectivity index is 0.000000885. The van der Waals surface area contributed by atoms with Crippen LogP contribution >= 0.6 is 24.4 Å². The van der Waals surface area contributed by atoms with Gasteiger partial charge in [-0.1, -0.05) is 0 Å². The molecule has 0 spiro atoms. The van der Waals surface area contributed by atoms with Crippen LogP contribution < -0.4 is 16.2 Å². The fourth-order valence-corrected chi connectivity index (χ4v) is 2.17. The number of nitrogen functional groups attached to an aromatic ring is 1. The van der Waals surface area contributed by atoms with Crippen molar-refractivity contribution < 1.29 is 9.84 Å². The van der Waals surface area contributed by atoms with Crippen LogP contribution in [0.2, 0.25) is 0 Å². The predicted octanol–water partition coefficient (Wildman–Crippen LogP) is 2.23. The van der Waals surface area contributed by atoms with Crippen molar-refractivity contribution in [3.05, 3.63) is 18.3 Å². The highest BCUT2D eigenvalue weighted by Crippen LogP contribution is 2.19. The van der Waals surface area contributed by atoms with E-state index in [2.05, 4.69) is 50.6 Å². The topological polar surface area (TPSA) is 97.6 Å². The largest absolute Gasteiger partial charge is 0.487 e. The first-order chi connectivity index (χ1) is 9.66. The summed E-state index contributed by atoms with van der Waals surface area (Å²) < 4.78 is 5.60. The molecule has 0 bridgehead atoms. The Labute approximate surface area is 136 Å². The van der Waals surface area contributed by atoms with Crippen LogP contribution in [0, 0.1) is 0 Å². The summed E-state index contributed by atoms with van der Waals surface area (Å²) in [5.41, 5.74) is 10.1. The molecule has 6 nitrogen and oxygen atoms in total. The Kier molecular flexibility index (Phi) is 8.56. The quantitative estimate of drug-likeness (QED) is 0.726. The van der Waals surface area contributed by atoms with E-state index in [9.17, 15) is 0 Å². The van der Waals surface area contributed by atoms with Gasteiger partial charge in [0.1, 0.15) is 0 Å². The first-order valence-corrected chi connectivity index (χ1v) is 7.17. The van der Waals surface area contributed by atoms with E-state index in [1.54, 1.807) is 18.3 Å². The van der Waals surface area contributed by atoms with E-state index in [0.717, 1.165) is 0 Å². The molecule has 21 heavy (non-hydrogen) atoms. The number of aromatic nitrogens is 1. The maximum Gasteiger partial charge on any atom is 0.265 e. The van der Waals surface area contributed by atoms with Gasteiger partial charge in [-0.3, -0.25) is 0 Å². The molecule has 0 saturated carbocycles. The van der Waals surface area contributed by atoms with Crippen molar-refractivity contribution in [1.29, 1.82) is 0 Å². The number of nitrogens with two attached hydrogens (primary N) is 2. The van der Waals surface area contributed by atoms with Crippen molar-refractivity contribution in [3.63, 3.8) is 0 Å². The second kappa shape index (κ2) is 9.30. The summed E-state index contributed by atoms with van der Waals surface area (Å²) in [4.78, 5) is 5.97. The van der Waals surface area contributed by atoms with Gasteiger partial charge in [0, 0.05) is 18.3 Å². The van der Waals surface area contributed by atoms with Crippen LogP contribution in [0.4, 0.5) is 5.82 Å². The average molecular weight is 330 g/mol. The third-order valence-corrected chi connectivity index (χ3v) is 2.61. The van der Waals surface area contributed by atoms with Gasteiger partial charge in [0.05, 0.1) is 0 Å². The maximum atomic E-state index is 7.56. The Bertz CT molecular complexity index is 469. The molecule has 0 aromatic carbocycles. The lowest BCUT2D eigenvalue weighted by Crippen LogP contribution is -2.43. The van der Waals surface area contributed by atoms with Gasteiger partial charge in [0.15, 0.2) is 11.6 Å². The molecule has 1 aromatic rings. The van der Waals surface area contributed by atoms with Crippen LogP contribution in [-0.4, -0.2) is 37.4 Å². The lowest BCUT2D eigenvalue weighted by Gasteiger charge is -2.32. The Morgan fingerprint density at radius 3 is 2.14 bits per heavy atom. The zero-order chi connectivity index (χ0) is 16.6. The van der Waals surface area contributed by atoms with Crippen LogP contribution in [0.5, 0.6) is 5.75 Å². The molecule has 0 saturated heterocycles. The number of nitrogens with zero attached hydrogens (tertiary/aromatic N) is 2. The minimum atomic E-state index is -0.500. The zero-order valence-electron chi connectivity index (χ0n) is 12.6. The lowest BCUT2D eigenvalue weighted by molar-refractivity contribution is 0.254. The summed E-state index contributed by atoms with van der Waals surface area (Å²) in [6, 6.07) is 4.08. The molecule has 1 aromatic heterocycles. The molecule has 1 heterocycles. The number of ether oxygens (including phenoxy) is 1. The molecule has 0 atom stereocenters. The molecule has 0 unspecified atom stereocenters. The van der Waals surface area contributed by atoms with Crippen LogP contribution in [0.3, 0.4) is 0 Å². The molecular weight excluding hydrogens is 308 g/mol. The summed E-state index contributed by atoms with van der Waals surface area (Å²) in [5, 5.41) is 7.49. The fourth-order valence-electron chi connectivity index (χ4n) is 1.65. The van der Waals surface area contributed by atoms with Gasteiger partial charge in [-0.05, 0) is 64.3 Å². The molecule has 0 aliphatic rings. The zero-order valence-corrected chi connectivity index (χ0v) is 14.2. The van der Waals surface area contributed by atoms with Gasteiger partial charge in [-0.25, -0.2) is 4.98 Å². The van der Waals surface area contributed by atoms with E-state index in [1.807, 2.05) is 4.90 Å². The van der Waals surface area contributed by atoms with Crippen molar-refractivity contribution >= 4 is 40.6 Å². The lowest BCUT2D eigenvalue weighted by atomic mass is 10.2. The predicted molar refractivity (Wildman–Crippen MR) is 93.4 cm³/mol. The molecule has 0 aliphatic heterocycles. The number of thiocarbonyl (C=S) groups is 2. The van der Waals surface area contributed by atoms with Gasteiger partial charge in [-0.15, -0.1) is 0 Å². The number of rotatable bonds is 3. The standard InChI is InChI=1S/C12H19N3OS.CH3NOS/c1-8(2)15(9(3)4)12(17)16-10-6-5-7-14-11(10)13;2-1(3)4/h5-9H,1-4H3,(H2,13,14);(H3,2,3,4). The van der Waals surface area contributed by atoms with Crippen molar-refractivity contribution in [2.24, 2.45) is 5.73 Å². The van der Waals surface area contributed by atoms with Gasteiger partial charge in [-0.2, -0.15) is 0 Å². The molecule has 0 aliphatic carbocycles. The number of pyridine rings is 1. The number of aliphatic hydroxyl groups excluding tert-OH is 1. The molecule has 0 radical (unpaired) electrons. The highest BCUT2D eigenvalue weighted by Gasteiger charge is 2.19. The summed E-state index contributed by atoms with van der Waals surface area (Å²) in [5.74, 6) is 0.853. The number of hydrogen-bond donors (Lipinski definition) is 3. The van der Waals surface area contributed by atoms with Crippen LogP contribution in [0.25, 0.3) is 0 Å². The number of hydrogen-bond acceptors (Lipinski definition) is 5. The monoisotopic (exact) mass is 330 g/mol. The first-order valence-electron chi connectivity index (χ1n) is 6.35. The van der Waals surface area contributed by atoms with E-state index in [0.29, 0.717) is 16.7 Å². The number of aliphatic hydroxyl groups is 1. The molecule has 0 fully saturated rings. The van der Waals surface area contributed by atoms with Gasteiger partial charge in [0.25, 0.3) is 10.3 Å². The molecule has 8 heteroatoms. The van der Waals surface area contributed by atoms with Crippen molar-refractivity contribution in [3.8, 4) is 5.75 Å². The second-order valence-electron chi connectivity index (χ2n) is 4.69. The Morgan fingerprint density at radius 1 is 1.29 bits per heavy atom. The van der Waals surface area contributed by atoms with Crippen molar-refractivity contribution in [2.75, 3.05) is 5.73 Å². The minimum absolute atomic E-state index is 0.278. The van der Waals surface area contributed by atoms with E-state index in [1.165, 1.54) is 0 Å². The van der Waals surface area contributed by atoms with Crippen LogP contribution in [0.15, 0.2) is 18.3 Å². The Morgan fingerprint density at radius 2 is 1.76 bits per heavy atom. The molecule has 118 valence electrons. The van der Waals surface area contributed by atoms with Gasteiger partial charge < -0.3 is 26.2 Å². The van der Waals surface area contributed by atoms with Gasteiger partial charge in [0.2, 0.25) is 0 Å². The van der Waals surface area contributed by atoms with Crippen LogP contribution in [0.1, 0.15) is 27.7 Å². The molecule has 1 rings (SSSR count). The molecule has 5 N–H and O–H groups in total. The maximum absolute atomic E-state index is 7.56. The SMILES string of the molecule is CC(C)N(C(=S)Oc1cccnc1N)C(C)C.NC(O)=S. The summed E-state index contributed by atoms with van der Waals surface area (Å²) >= 11 is 9.16. The smallest absolute Gasteiger partial charge is 0.265 e. The van der Waals surface area contributed by atoms with E-state index < -0.39 is 5.17 Å². The summed E-state index contributed by atoms with van der Waals surface area (Å²) in [7, 11) is 0. The van der Waals surface area contributed by atoms with E-state index in [4.69, 9.17) is 27.8 Å². The van der Waals surface area contributed by atoms with Crippen molar-refractivity contribution in [2.45, 2.75) is 39.8 Å². The molecular formula is C13H22N4O2S2. The van der Waals surface area contributed by atoms with Gasteiger partial charge >= 0.3 is 0 Å². The second-order valence-corrected chi connectivity index (χ2v) is 5.46. The normalized spacial score (nSPS) is 9.81. The average Bonchev–Trinajstić information content (AvgIpc) is 2.30. The Hall–Kier alpha value is -1.67. The highest BCUT2D eigenvalue weighted by atomic mass is 32.1.